The van der Waals surface area contributed by atoms with Crippen molar-refractivity contribution in [1.29, 1.82) is 0 Å². The number of nitrogens with zero attached hydrogens (tertiary/aromatic N) is 2. The lowest BCUT2D eigenvalue weighted by atomic mass is 9.82. The van der Waals surface area contributed by atoms with Gasteiger partial charge >= 0.3 is 0 Å². The third kappa shape index (κ3) is 6.53. The number of fused-ring (bicyclic) bond motifs is 3. The summed E-state index contributed by atoms with van der Waals surface area (Å²) in [6.07, 6.45) is 7.12. The molecular formula is C47H48N2. The van der Waals surface area contributed by atoms with Gasteiger partial charge < -0.3 is 9.80 Å². The summed E-state index contributed by atoms with van der Waals surface area (Å²) >= 11 is 0. The van der Waals surface area contributed by atoms with Crippen LogP contribution in [0.3, 0.4) is 0 Å². The lowest BCUT2D eigenvalue weighted by Gasteiger charge is -2.29. The quantitative estimate of drug-likeness (QED) is 0.131. The van der Waals surface area contributed by atoms with Crippen molar-refractivity contribution in [3.63, 3.8) is 0 Å². The highest BCUT2D eigenvalue weighted by molar-refractivity contribution is 5.88. The van der Waals surface area contributed by atoms with Crippen LogP contribution < -0.4 is 9.80 Å². The van der Waals surface area contributed by atoms with Crippen LogP contribution in [0.4, 0.5) is 34.1 Å². The third-order valence-corrected chi connectivity index (χ3v) is 10.2. The largest absolute Gasteiger partial charge is 0.310 e. The van der Waals surface area contributed by atoms with E-state index in [0.717, 1.165) is 12.8 Å². The second kappa shape index (κ2) is 14.2. The molecule has 49 heavy (non-hydrogen) atoms. The SMILES string of the molecule is CCCCc1ccc(N(c2ccccc2)c2ccc3c(c2)C(C)(C)c2cc(N(c4ccccc4)c4ccc(CCCC)cc4)ccc2-3)cc1. The molecule has 0 heterocycles. The van der Waals surface area contributed by atoms with Gasteiger partial charge in [0.2, 0.25) is 0 Å². The van der Waals surface area contributed by atoms with Gasteiger partial charge in [-0.15, -0.1) is 0 Å². The van der Waals surface area contributed by atoms with Crippen LogP contribution in [0.15, 0.2) is 146 Å². The van der Waals surface area contributed by atoms with Crippen molar-refractivity contribution in [1.82, 2.24) is 0 Å². The van der Waals surface area contributed by atoms with Crippen LogP contribution in [0.25, 0.3) is 11.1 Å². The van der Waals surface area contributed by atoms with Gasteiger partial charge in [0, 0.05) is 39.5 Å². The van der Waals surface area contributed by atoms with Gasteiger partial charge in [-0.05, 0) is 132 Å². The van der Waals surface area contributed by atoms with Crippen molar-refractivity contribution in [3.05, 3.63) is 168 Å². The Morgan fingerprint density at radius 1 is 0.408 bits per heavy atom. The fourth-order valence-corrected chi connectivity index (χ4v) is 7.43. The average Bonchev–Trinajstić information content (AvgIpc) is 3.37. The first kappa shape index (κ1) is 32.5. The Balaban J connectivity index is 1.27. The minimum atomic E-state index is -0.171. The van der Waals surface area contributed by atoms with Crippen LogP contribution >= 0.6 is 0 Å². The first-order chi connectivity index (χ1) is 24.0. The zero-order valence-corrected chi connectivity index (χ0v) is 29.5. The third-order valence-electron chi connectivity index (χ3n) is 10.2. The predicted octanol–water partition coefficient (Wildman–Crippen LogP) is 13.6. The van der Waals surface area contributed by atoms with Crippen LogP contribution in [-0.4, -0.2) is 0 Å². The molecule has 0 saturated carbocycles. The van der Waals surface area contributed by atoms with E-state index in [4.69, 9.17) is 0 Å². The summed E-state index contributed by atoms with van der Waals surface area (Å²) in [5, 5.41) is 0. The van der Waals surface area contributed by atoms with E-state index >= 15 is 0 Å². The Morgan fingerprint density at radius 3 is 1.12 bits per heavy atom. The molecule has 6 aromatic rings. The molecule has 0 unspecified atom stereocenters. The van der Waals surface area contributed by atoms with E-state index in [1.54, 1.807) is 0 Å². The van der Waals surface area contributed by atoms with E-state index in [0.29, 0.717) is 0 Å². The van der Waals surface area contributed by atoms with Crippen LogP contribution in [-0.2, 0) is 18.3 Å². The summed E-state index contributed by atoms with van der Waals surface area (Å²) in [7, 11) is 0. The predicted molar refractivity (Wildman–Crippen MR) is 211 cm³/mol. The smallest absolute Gasteiger partial charge is 0.0465 e. The van der Waals surface area contributed by atoms with E-state index < -0.39 is 0 Å². The fourth-order valence-electron chi connectivity index (χ4n) is 7.43. The Morgan fingerprint density at radius 2 is 0.755 bits per heavy atom. The topological polar surface area (TPSA) is 6.48 Å². The van der Waals surface area contributed by atoms with Gasteiger partial charge in [0.25, 0.3) is 0 Å². The number of unbranched alkanes of at least 4 members (excludes halogenated alkanes) is 2. The van der Waals surface area contributed by atoms with Crippen LogP contribution in [0, 0.1) is 0 Å². The molecule has 7 rings (SSSR count). The molecule has 1 aliphatic rings. The minimum Gasteiger partial charge on any atom is -0.310 e. The second-order valence-corrected chi connectivity index (χ2v) is 14.0. The lowest BCUT2D eigenvalue weighted by Crippen LogP contribution is -2.17. The molecule has 0 atom stereocenters. The van der Waals surface area contributed by atoms with Crippen molar-refractivity contribution < 1.29 is 0 Å². The molecule has 1 aliphatic carbocycles. The Bertz CT molecular complexity index is 1840. The van der Waals surface area contributed by atoms with E-state index in [2.05, 4.69) is 183 Å². The first-order valence-electron chi connectivity index (χ1n) is 18.2. The molecule has 0 fully saturated rings. The van der Waals surface area contributed by atoms with Gasteiger partial charge in [0.15, 0.2) is 0 Å². The van der Waals surface area contributed by atoms with Gasteiger partial charge in [-0.25, -0.2) is 0 Å². The highest BCUT2D eigenvalue weighted by atomic mass is 15.1. The molecule has 0 bridgehead atoms. The lowest BCUT2D eigenvalue weighted by molar-refractivity contribution is 0.660. The molecule has 0 aliphatic heterocycles. The number of para-hydroxylation sites is 2. The van der Waals surface area contributed by atoms with Crippen LogP contribution in [0.2, 0.25) is 0 Å². The molecule has 0 N–H and O–H groups in total. The molecule has 0 amide bonds. The molecule has 2 heteroatoms. The van der Waals surface area contributed by atoms with Crippen molar-refractivity contribution in [2.24, 2.45) is 0 Å². The number of anilines is 6. The Labute approximate surface area is 293 Å². The maximum atomic E-state index is 2.43. The Hall–Kier alpha value is -5.08. The van der Waals surface area contributed by atoms with Crippen molar-refractivity contribution in [3.8, 4) is 11.1 Å². The summed E-state index contributed by atoms with van der Waals surface area (Å²) in [6.45, 7) is 9.28. The number of rotatable bonds is 12. The number of benzene rings is 6. The fraction of sp³-hybridized carbons (Fsp3) is 0.234. The minimum absolute atomic E-state index is 0.171. The van der Waals surface area contributed by atoms with Crippen molar-refractivity contribution >= 4 is 34.1 Å². The van der Waals surface area contributed by atoms with Crippen LogP contribution in [0.5, 0.6) is 0 Å². The summed E-state index contributed by atoms with van der Waals surface area (Å²) in [5.74, 6) is 0. The van der Waals surface area contributed by atoms with E-state index in [9.17, 15) is 0 Å². The summed E-state index contributed by atoms with van der Waals surface area (Å²) in [4.78, 5) is 4.80. The van der Waals surface area contributed by atoms with E-state index in [-0.39, 0.29) is 5.41 Å². The second-order valence-electron chi connectivity index (χ2n) is 14.0. The van der Waals surface area contributed by atoms with Gasteiger partial charge in [-0.2, -0.15) is 0 Å². The number of aryl methyl sites for hydroxylation is 2. The monoisotopic (exact) mass is 640 g/mol. The van der Waals surface area contributed by atoms with Gasteiger partial charge in [0.1, 0.15) is 0 Å². The van der Waals surface area contributed by atoms with Crippen molar-refractivity contribution in [2.45, 2.75) is 71.6 Å². The molecule has 246 valence electrons. The summed E-state index contributed by atoms with van der Waals surface area (Å²) in [6, 6.07) is 54.0. The zero-order valence-electron chi connectivity index (χ0n) is 29.5. The van der Waals surface area contributed by atoms with Gasteiger partial charge in [0.05, 0.1) is 0 Å². The Kier molecular flexibility index (Phi) is 9.40. The number of hydrogen-bond acceptors (Lipinski definition) is 2. The highest BCUT2D eigenvalue weighted by Gasteiger charge is 2.36. The van der Waals surface area contributed by atoms with E-state index in [1.807, 2.05) is 0 Å². The molecule has 6 aromatic carbocycles. The molecule has 0 radical (unpaired) electrons. The average molecular weight is 641 g/mol. The number of hydrogen-bond donors (Lipinski definition) is 0. The zero-order chi connectivity index (χ0) is 33.8. The van der Waals surface area contributed by atoms with Crippen molar-refractivity contribution in [2.75, 3.05) is 9.80 Å². The highest BCUT2D eigenvalue weighted by Crippen LogP contribution is 2.52. The molecule has 0 saturated heterocycles. The van der Waals surface area contributed by atoms with Crippen LogP contribution in [0.1, 0.15) is 75.6 Å². The maximum Gasteiger partial charge on any atom is 0.0465 e. The van der Waals surface area contributed by atoms with Gasteiger partial charge in [-0.1, -0.05) is 113 Å². The summed E-state index contributed by atoms with van der Waals surface area (Å²) in [5.41, 5.74) is 15.1. The molecular weight excluding hydrogens is 593 g/mol. The molecule has 0 spiro atoms. The normalized spacial score (nSPS) is 12.7. The van der Waals surface area contributed by atoms with E-state index in [1.165, 1.54) is 93.2 Å². The molecule has 0 aromatic heterocycles. The molecule has 2 nitrogen and oxygen atoms in total. The summed E-state index contributed by atoms with van der Waals surface area (Å²) < 4.78 is 0. The maximum absolute atomic E-state index is 2.43. The first-order valence-corrected chi connectivity index (χ1v) is 18.2. The standard InChI is InChI=1S/C47H48N2/c1-5-7-15-35-21-25-39(26-22-35)48(37-17-11-9-12-18-37)41-29-31-43-44-32-30-42(34-46(44)47(3,4)45(43)33-41)49(38-19-13-10-14-20-38)40-27-23-36(24-28-40)16-8-6-2/h9-14,17-34H,5-8,15-16H2,1-4H3. The van der Waals surface area contributed by atoms with Gasteiger partial charge in [-0.3, -0.25) is 0 Å².